The summed E-state index contributed by atoms with van der Waals surface area (Å²) in [7, 11) is 0. The minimum atomic E-state index is -0.229. The van der Waals surface area contributed by atoms with Gasteiger partial charge in [-0.3, -0.25) is 0 Å². The van der Waals surface area contributed by atoms with Gasteiger partial charge in [-0.25, -0.2) is 0 Å². The minimum Gasteiger partial charge on any atom is -0.508 e. The Bertz CT molecular complexity index is 268. The monoisotopic (exact) mass is 124 g/mol. The molecule has 0 aliphatic carbocycles. The third-order valence-corrected chi connectivity index (χ3v) is 1.32. The highest BCUT2D eigenvalue weighted by Crippen LogP contribution is 2.13. The Morgan fingerprint density at radius 1 is 1.44 bits per heavy atom. The summed E-state index contributed by atoms with van der Waals surface area (Å²) in [5, 5.41) is 9.14. The number of aryl methyl sites for hydroxylation is 1. The number of hydrogen-bond acceptors (Lipinski definition) is 1. The molecule has 0 heterocycles. The summed E-state index contributed by atoms with van der Waals surface area (Å²) in [6.07, 6.45) is 0. The Kier molecular flexibility index (Phi) is 0.916. The molecule has 1 rings (SSSR count). The Morgan fingerprint density at radius 2 is 2.11 bits per heavy atom. The number of phenolic OH excluding ortho intramolecular Hbond substituents is 1. The fraction of sp³-hybridized carbons (Fsp3) is 0.250. The van der Waals surface area contributed by atoms with Crippen molar-refractivity contribution >= 4 is 0 Å². The average Bonchev–Trinajstić information content (AvgIpc) is 1.97. The fourth-order valence-corrected chi connectivity index (χ4v) is 0.597. The van der Waals surface area contributed by atoms with Crippen molar-refractivity contribution in [3.05, 3.63) is 29.3 Å². The largest absolute Gasteiger partial charge is 0.508 e. The molecule has 0 saturated heterocycles. The third kappa shape index (κ3) is 1.22. The normalized spacial score (nSPS) is 12.7. The van der Waals surface area contributed by atoms with Gasteiger partial charge in [0.1, 0.15) is 5.75 Å². The number of rotatable bonds is 0. The Morgan fingerprint density at radius 3 is 2.78 bits per heavy atom. The number of aromatic hydroxyl groups is 1. The Hall–Kier alpha value is -0.980. The van der Waals surface area contributed by atoms with Crippen LogP contribution in [0.5, 0.6) is 5.75 Å². The second kappa shape index (κ2) is 2.09. The summed E-state index contributed by atoms with van der Waals surface area (Å²) < 4.78 is 14.6. The molecule has 0 spiro atoms. The van der Waals surface area contributed by atoms with Gasteiger partial charge in [0.05, 0.1) is 2.74 Å². The SMILES string of the molecule is [2H]c1cc(C)c(C)c([2H])c1O. The van der Waals surface area contributed by atoms with Gasteiger partial charge in [-0.1, -0.05) is 6.07 Å². The van der Waals surface area contributed by atoms with E-state index >= 15 is 0 Å². The highest BCUT2D eigenvalue weighted by Gasteiger charge is 1.90. The maximum atomic E-state index is 9.14. The van der Waals surface area contributed by atoms with Crippen molar-refractivity contribution in [2.75, 3.05) is 0 Å². The van der Waals surface area contributed by atoms with Gasteiger partial charge in [-0.15, -0.1) is 0 Å². The Labute approximate surface area is 57.8 Å². The molecule has 0 saturated carbocycles. The molecule has 48 valence electrons. The van der Waals surface area contributed by atoms with Crippen molar-refractivity contribution in [2.45, 2.75) is 13.8 Å². The van der Waals surface area contributed by atoms with Crippen LogP contribution in [0, 0.1) is 13.8 Å². The lowest BCUT2D eigenvalue weighted by atomic mass is 10.1. The molecule has 1 N–H and O–H groups in total. The zero-order chi connectivity index (χ0) is 8.59. The Balaban J connectivity index is 3.46. The second-order valence-corrected chi connectivity index (χ2v) is 2.07. The van der Waals surface area contributed by atoms with Crippen molar-refractivity contribution in [1.82, 2.24) is 0 Å². The molecule has 1 heteroatoms. The van der Waals surface area contributed by atoms with Gasteiger partial charge >= 0.3 is 0 Å². The molecule has 0 amide bonds. The molecule has 9 heavy (non-hydrogen) atoms. The van der Waals surface area contributed by atoms with Crippen molar-refractivity contribution < 1.29 is 7.85 Å². The zero-order valence-corrected chi connectivity index (χ0v) is 5.52. The van der Waals surface area contributed by atoms with Crippen LogP contribution < -0.4 is 0 Å². The predicted molar refractivity (Wildman–Crippen MR) is 37.6 cm³/mol. The lowest BCUT2D eigenvalue weighted by molar-refractivity contribution is 0.474. The van der Waals surface area contributed by atoms with Gasteiger partial charge in [-0.05, 0) is 37.1 Å². The number of hydrogen-bond donors (Lipinski definition) is 1. The maximum absolute atomic E-state index is 9.14. The van der Waals surface area contributed by atoms with Gasteiger partial charge in [0.25, 0.3) is 0 Å². The van der Waals surface area contributed by atoms with E-state index in [2.05, 4.69) is 0 Å². The lowest BCUT2D eigenvalue weighted by Crippen LogP contribution is -1.76. The quantitative estimate of drug-likeness (QED) is 0.561. The van der Waals surface area contributed by atoms with Crippen LogP contribution in [-0.2, 0) is 0 Å². The fourth-order valence-electron chi connectivity index (χ4n) is 0.597. The summed E-state index contributed by atoms with van der Waals surface area (Å²) in [4.78, 5) is 0. The van der Waals surface area contributed by atoms with Crippen LogP contribution in [0.2, 0.25) is 0 Å². The zero-order valence-electron chi connectivity index (χ0n) is 7.52. The van der Waals surface area contributed by atoms with Gasteiger partial charge in [0.2, 0.25) is 0 Å². The van der Waals surface area contributed by atoms with E-state index in [4.69, 9.17) is 7.85 Å². The molecular formula is C8H10O. The van der Waals surface area contributed by atoms with Crippen molar-refractivity contribution in [1.29, 1.82) is 0 Å². The predicted octanol–water partition coefficient (Wildman–Crippen LogP) is 2.01. The molecule has 0 bridgehead atoms. The summed E-state index contributed by atoms with van der Waals surface area (Å²) in [6.45, 7) is 3.58. The van der Waals surface area contributed by atoms with E-state index in [1.807, 2.05) is 6.92 Å². The van der Waals surface area contributed by atoms with Gasteiger partial charge in [0, 0.05) is 0 Å². The van der Waals surface area contributed by atoms with Crippen LogP contribution in [0.15, 0.2) is 18.2 Å². The van der Waals surface area contributed by atoms with Crippen LogP contribution in [0.25, 0.3) is 0 Å². The van der Waals surface area contributed by atoms with Crippen molar-refractivity contribution in [2.24, 2.45) is 0 Å². The van der Waals surface area contributed by atoms with Gasteiger partial charge in [0.15, 0.2) is 0 Å². The first-order valence-electron chi connectivity index (χ1n) is 3.80. The number of benzene rings is 1. The van der Waals surface area contributed by atoms with E-state index in [1.54, 1.807) is 13.0 Å². The van der Waals surface area contributed by atoms with Crippen LogP contribution in [-0.4, -0.2) is 5.11 Å². The molecular weight excluding hydrogens is 112 g/mol. The van der Waals surface area contributed by atoms with Crippen LogP contribution in [0.4, 0.5) is 0 Å². The first-order valence-corrected chi connectivity index (χ1v) is 2.80. The minimum absolute atomic E-state index is 0.0260. The summed E-state index contributed by atoms with van der Waals surface area (Å²) >= 11 is 0. The van der Waals surface area contributed by atoms with Crippen LogP contribution in [0.1, 0.15) is 13.9 Å². The first-order chi connectivity index (χ1) is 5.04. The molecule has 0 aromatic heterocycles. The molecule has 0 unspecified atom stereocenters. The standard InChI is InChI=1S/C8H10O/c1-6-3-4-8(9)5-7(6)2/h3-5,9H,1-2H3/i4D,5D. The van der Waals surface area contributed by atoms with Crippen LogP contribution >= 0.6 is 0 Å². The highest BCUT2D eigenvalue weighted by atomic mass is 16.3. The first kappa shape index (κ1) is 3.94. The third-order valence-electron chi connectivity index (χ3n) is 1.32. The number of phenols is 1. The molecule has 0 aliphatic rings. The summed E-state index contributed by atoms with van der Waals surface area (Å²) in [5.74, 6) is -0.229. The van der Waals surface area contributed by atoms with E-state index in [-0.39, 0.29) is 17.8 Å². The van der Waals surface area contributed by atoms with Gasteiger partial charge < -0.3 is 5.11 Å². The molecule has 1 nitrogen and oxygen atoms in total. The van der Waals surface area contributed by atoms with Crippen LogP contribution in [0.3, 0.4) is 0 Å². The van der Waals surface area contributed by atoms with Crippen molar-refractivity contribution in [3.63, 3.8) is 0 Å². The molecule has 0 aliphatic heterocycles. The van der Waals surface area contributed by atoms with E-state index in [0.717, 1.165) is 11.1 Å². The molecule has 1 aromatic rings. The maximum Gasteiger partial charge on any atom is 0.115 e. The van der Waals surface area contributed by atoms with E-state index in [1.165, 1.54) is 0 Å². The van der Waals surface area contributed by atoms with E-state index < -0.39 is 0 Å². The lowest BCUT2D eigenvalue weighted by Gasteiger charge is -1.97. The summed E-state index contributed by atoms with van der Waals surface area (Å²) in [6, 6.07) is 1.65. The van der Waals surface area contributed by atoms with E-state index in [0.29, 0.717) is 0 Å². The molecule has 0 fully saturated rings. The van der Waals surface area contributed by atoms with Crippen molar-refractivity contribution in [3.8, 4) is 5.75 Å². The van der Waals surface area contributed by atoms with Gasteiger partial charge in [-0.2, -0.15) is 0 Å². The summed E-state index contributed by atoms with van der Waals surface area (Å²) in [5.41, 5.74) is 1.61. The van der Waals surface area contributed by atoms with E-state index in [9.17, 15) is 0 Å². The highest BCUT2D eigenvalue weighted by molar-refractivity contribution is 5.32. The average molecular weight is 124 g/mol. The smallest absolute Gasteiger partial charge is 0.115 e. The molecule has 0 atom stereocenters. The topological polar surface area (TPSA) is 20.2 Å². The molecule has 1 aromatic carbocycles. The molecule has 0 radical (unpaired) electrons. The second-order valence-electron chi connectivity index (χ2n) is 2.07.